The van der Waals surface area contributed by atoms with Crippen molar-refractivity contribution in [3.63, 3.8) is 0 Å². The molecule has 1 aliphatic heterocycles. The first-order valence-electron chi connectivity index (χ1n) is 19.2. The summed E-state index contributed by atoms with van der Waals surface area (Å²) >= 11 is 0. The zero-order valence-corrected chi connectivity index (χ0v) is 40.1. The van der Waals surface area contributed by atoms with Crippen LogP contribution in [0.2, 0.25) is 0 Å². The number of anilines is 1. The quantitative estimate of drug-likeness (QED) is 0.0479. The highest BCUT2D eigenvalue weighted by atomic mass is 32.2. The number of rotatable bonds is 17. The van der Waals surface area contributed by atoms with Gasteiger partial charge in [-0.1, -0.05) is 30.3 Å². The van der Waals surface area contributed by atoms with Gasteiger partial charge in [0.1, 0.15) is 9.79 Å². The van der Waals surface area contributed by atoms with E-state index in [-0.39, 0.29) is 47.0 Å². The molecule has 0 saturated heterocycles. The summed E-state index contributed by atoms with van der Waals surface area (Å²) in [5, 5.41) is 10.6. The highest BCUT2D eigenvalue weighted by molar-refractivity contribution is 7.87. The van der Waals surface area contributed by atoms with E-state index in [4.69, 9.17) is 9.52 Å². The Labute approximate surface area is 397 Å². The van der Waals surface area contributed by atoms with E-state index in [1.165, 1.54) is 31.3 Å². The molecule has 8 N–H and O–H groups in total. The number of hydrogen-bond donors (Lipinski definition) is 8. The number of carbonyl (C=O) groups excluding carboxylic acids is 1. The Balaban J connectivity index is 1.71. The SMILES string of the molecule is CN(CCCC(=O)O)C(=O)c1ccccc1-c1c2cc/c(=N/Cc3ccc(S(=O)(=O)O)cc3S(=O)(=O)O)c(S(=O)(=O)O)c-2oc2c(S(=O)(=O)O)c(NCc3ccc(S(=O)(=O)O)cc3S(=O)(=O)O)ccc12. The summed E-state index contributed by atoms with van der Waals surface area (Å²) in [6.45, 7) is -1.83. The average molecular weight is 1090 g/mol. The van der Waals surface area contributed by atoms with Crippen LogP contribution >= 0.6 is 0 Å². The molecule has 0 saturated carbocycles. The number of carboxylic acids is 1. The van der Waals surface area contributed by atoms with Gasteiger partial charge >= 0.3 is 5.97 Å². The van der Waals surface area contributed by atoms with Crippen molar-refractivity contribution in [3.8, 4) is 22.5 Å². The first-order chi connectivity index (χ1) is 32.2. The lowest BCUT2D eigenvalue weighted by Gasteiger charge is -2.23. The third kappa shape index (κ3) is 11.5. The van der Waals surface area contributed by atoms with Crippen molar-refractivity contribution in [1.29, 1.82) is 0 Å². The van der Waals surface area contributed by atoms with E-state index in [9.17, 15) is 87.4 Å². The molecule has 374 valence electrons. The molecule has 0 unspecified atom stereocenters. The minimum absolute atomic E-state index is 0.000124. The molecule has 1 amide bonds. The Morgan fingerprint density at radius 2 is 1.19 bits per heavy atom. The van der Waals surface area contributed by atoms with E-state index >= 15 is 0 Å². The molecule has 6 rings (SSSR count). The number of carbonyl (C=O) groups is 2. The molecular formula is C39H35N3O22S6. The van der Waals surface area contributed by atoms with Crippen molar-refractivity contribution in [1.82, 2.24) is 4.90 Å². The molecule has 1 aliphatic carbocycles. The number of hydrogen-bond acceptors (Lipinski definition) is 17. The molecule has 70 heavy (non-hydrogen) atoms. The largest absolute Gasteiger partial charge is 0.481 e. The Morgan fingerprint density at radius 3 is 1.73 bits per heavy atom. The van der Waals surface area contributed by atoms with E-state index in [0.717, 1.165) is 53.4 Å². The Hall–Kier alpha value is -6.23. The molecule has 4 aromatic carbocycles. The number of nitrogens with zero attached hydrogens (tertiary/aromatic N) is 2. The van der Waals surface area contributed by atoms with Crippen molar-refractivity contribution in [3.05, 3.63) is 107 Å². The van der Waals surface area contributed by atoms with E-state index in [1.54, 1.807) is 0 Å². The lowest BCUT2D eigenvalue weighted by Crippen LogP contribution is -2.28. The van der Waals surface area contributed by atoms with Gasteiger partial charge in [-0.15, -0.1) is 0 Å². The monoisotopic (exact) mass is 1090 g/mol. The lowest BCUT2D eigenvalue weighted by atomic mass is 9.90. The zero-order chi connectivity index (χ0) is 52.1. The van der Waals surface area contributed by atoms with Crippen LogP contribution in [0.4, 0.5) is 5.69 Å². The normalized spacial score (nSPS) is 13.2. The van der Waals surface area contributed by atoms with Gasteiger partial charge in [0.15, 0.2) is 21.1 Å². The van der Waals surface area contributed by atoms with Crippen LogP contribution in [0.15, 0.2) is 124 Å². The number of aliphatic carboxylic acids is 1. The maximum atomic E-state index is 14.1. The fourth-order valence-corrected chi connectivity index (χ4v) is 11.4. The van der Waals surface area contributed by atoms with Crippen molar-refractivity contribution >= 4 is 89.2 Å². The molecule has 1 heterocycles. The Bertz CT molecular complexity index is 3910. The van der Waals surface area contributed by atoms with Crippen LogP contribution in [-0.4, -0.2) is 113 Å². The molecule has 0 aromatic heterocycles. The highest BCUT2D eigenvalue weighted by Gasteiger charge is 2.33. The number of nitrogens with one attached hydrogen (secondary N) is 1. The molecule has 0 radical (unpaired) electrons. The summed E-state index contributed by atoms with van der Waals surface area (Å²) in [5.74, 6) is -2.85. The van der Waals surface area contributed by atoms with Crippen molar-refractivity contribution in [2.24, 2.45) is 4.99 Å². The van der Waals surface area contributed by atoms with Gasteiger partial charge in [0.05, 0.1) is 27.4 Å². The topological polar surface area (TPSA) is 421 Å². The second-order valence-electron chi connectivity index (χ2n) is 14.9. The number of carboxylic acid groups (broad SMARTS) is 1. The lowest BCUT2D eigenvalue weighted by molar-refractivity contribution is -0.137. The van der Waals surface area contributed by atoms with Crippen LogP contribution in [0.3, 0.4) is 0 Å². The van der Waals surface area contributed by atoms with Crippen LogP contribution in [0.1, 0.15) is 34.3 Å². The van der Waals surface area contributed by atoms with Crippen LogP contribution in [-0.2, 0) is 78.6 Å². The third-order valence-corrected chi connectivity index (χ3v) is 15.6. The second-order valence-corrected chi connectivity index (χ2v) is 23.3. The predicted molar refractivity (Wildman–Crippen MR) is 240 cm³/mol. The van der Waals surface area contributed by atoms with E-state index in [0.29, 0.717) is 12.1 Å². The van der Waals surface area contributed by atoms with Gasteiger partial charge in [-0.25, -0.2) is 0 Å². The zero-order valence-electron chi connectivity index (χ0n) is 35.2. The summed E-state index contributed by atoms with van der Waals surface area (Å²) < 4.78 is 217. The van der Waals surface area contributed by atoms with Crippen molar-refractivity contribution in [2.75, 3.05) is 18.9 Å². The summed E-state index contributed by atoms with van der Waals surface area (Å²) in [4.78, 5) is 23.9. The number of fused-ring (bicyclic) bond motifs is 2. The maximum absolute atomic E-state index is 14.1. The minimum Gasteiger partial charge on any atom is -0.481 e. The number of benzene rings is 5. The molecule has 0 bridgehead atoms. The molecule has 0 spiro atoms. The van der Waals surface area contributed by atoms with E-state index in [1.807, 2.05) is 0 Å². The molecule has 31 heteroatoms. The fourth-order valence-electron chi connectivity index (χ4n) is 7.19. The van der Waals surface area contributed by atoms with Crippen molar-refractivity contribution < 1.29 is 96.9 Å². The van der Waals surface area contributed by atoms with E-state index in [2.05, 4.69) is 10.3 Å². The second kappa shape index (κ2) is 19.2. The fraction of sp³-hybridized carbons (Fsp3) is 0.154. The predicted octanol–water partition coefficient (Wildman–Crippen LogP) is 3.33. The van der Waals surface area contributed by atoms with Crippen molar-refractivity contribution in [2.45, 2.75) is 55.3 Å². The van der Waals surface area contributed by atoms with Crippen LogP contribution in [0.5, 0.6) is 0 Å². The molecular weight excluding hydrogens is 1050 g/mol. The van der Waals surface area contributed by atoms with Crippen LogP contribution in [0.25, 0.3) is 33.4 Å². The summed E-state index contributed by atoms with van der Waals surface area (Å²) in [6, 6.07) is 13.5. The third-order valence-electron chi connectivity index (χ3n) is 10.2. The maximum Gasteiger partial charge on any atom is 0.303 e. The first-order valence-corrected chi connectivity index (χ1v) is 27.8. The van der Waals surface area contributed by atoms with Crippen LogP contribution in [0, 0.1) is 0 Å². The molecule has 25 nitrogen and oxygen atoms in total. The standard InChI is InChI=1S/C39H35N3O22S6/c1-42(16-4-7-33(43)44)39(45)26-6-3-2-5-25(26)34-27-12-14-29(40-19-21-8-10-23(65(46,47)48)17-31(21)67(52,53)54)37(69(58,59)60)35(27)64-36-28(34)13-15-30(38(36)70(61,62)63)41-20-22-9-11-24(66(49,50)51)18-32(22)68(55,56)57/h2-3,5-6,8-15,17-18,40H,4,7,16,19-20H2,1H3,(H,43,44)(H,46,47,48)(H,49,50,51)(H,52,53,54)(H,55,56,57)(H,58,59,60)(H,61,62,63)/b41-30-. The first kappa shape index (κ1) is 53.1. The average Bonchev–Trinajstić information content (AvgIpc) is 3.23. The van der Waals surface area contributed by atoms with Gasteiger partial charge in [0.25, 0.3) is 66.6 Å². The summed E-state index contributed by atoms with van der Waals surface area (Å²) in [5.41, 5.74) is -3.32. The van der Waals surface area contributed by atoms with Gasteiger partial charge in [-0.05, 0) is 77.7 Å². The Morgan fingerprint density at radius 1 is 0.629 bits per heavy atom. The highest BCUT2D eigenvalue weighted by Crippen LogP contribution is 2.46. The molecule has 0 fully saturated rings. The Kier molecular flexibility index (Phi) is 14.6. The summed E-state index contributed by atoms with van der Waals surface area (Å²) in [6.07, 6.45) is -0.324. The molecule has 2 aliphatic rings. The van der Waals surface area contributed by atoms with Gasteiger partial charge in [0.2, 0.25) is 0 Å². The number of amides is 1. The molecule has 4 aromatic rings. The van der Waals surface area contributed by atoms with Gasteiger partial charge < -0.3 is 19.7 Å². The smallest absolute Gasteiger partial charge is 0.303 e. The van der Waals surface area contributed by atoms with Gasteiger partial charge in [-0.3, -0.25) is 41.9 Å². The summed E-state index contributed by atoms with van der Waals surface area (Å²) in [7, 11) is -30.6. The van der Waals surface area contributed by atoms with E-state index < -0.39 is 149 Å². The van der Waals surface area contributed by atoms with Crippen LogP contribution < -0.4 is 10.7 Å². The molecule has 0 atom stereocenters. The van der Waals surface area contributed by atoms with Gasteiger partial charge in [-0.2, -0.15) is 50.5 Å². The minimum atomic E-state index is -5.65. The van der Waals surface area contributed by atoms with Gasteiger partial charge in [0, 0.05) is 48.6 Å².